The number of carbonyl (C=O) groups excluding carboxylic acids is 2. The van der Waals surface area contributed by atoms with Gasteiger partial charge in [0.05, 0.1) is 0 Å². The fraction of sp³-hybridized carbons (Fsp3) is 0.250. The molecular weight excluding hydrogens is 406 g/mol. The molecule has 2 aliphatic heterocycles. The molecule has 152 valence electrons. The number of ether oxygens (including phenoxy) is 2. The van der Waals surface area contributed by atoms with Crippen molar-refractivity contribution in [3.8, 4) is 5.75 Å². The summed E-state index contributed by atoms with van der Waals surface area (Å²) < 4.78 is 10.9. The number of amides is 1. The summed E-state index contributed by atoms with van der Waals surface area (Å²) in [5.74, 6) is -0.464. The minimum absolute atomic E-state index is 0.0209. The van der Waals surface area contributed by atoms with Gasteiger partial charge in [-0.05, 0) is 23.2 Å². The summed E-state index contributed by atoms with van der Waals surface area (Å²) in [6.07, 6.45) is -1.37. The fourth-order valence-electron chi connectivity index (χ4n) is 3.10. The van der Waals surface area contributed by atoms with E-state index in [1.807, 2.05) is 48.5 Å². The second-order valence-corrected chi connectivity index (χ2v) is 7.69. The maximum atomic E-state index is 12.5. The monoisotopic (exact) mass is 423 g/mol. The molecule has 2 aromatic carbocycles. The van der Waals surface area contributed by atoms with Crippen molar-refractivity contribution in [3.63, 3.8) is 0 Å². The Bertz CT molecular complexity index is 1010. The molecule has 3 atom stereocenters. The van der Waals surface area contributed by atoms with Crippen LogP contribution in [0.4, 0.5) is 0 Å². The molecule has 2 aliphatic rings. The van der Waals surface area contributed by atoms with Crippen molar-refractivity contribution < 1.29 is 19.1 Å². The Hall–Kier alpha value is -3.49. The van der Waals surface area contributed by atoms with E-state index in [9.17, 15) is 9.59 Å². The number of benzene rings is 2. The average Bonchev–Trinajstić information content (AvgIpc) is 3.16. The second-order valence-electron chi connectivity index (χ2n) is 6.50. The summed E-state index contributed by atoms with van der Waals surface area (Å²) in [6, 6.07) is 17.8. The van der Waals surface area contributed by atoms with E-state index in [1.54, 1.807) is 12.1 Å². The van der Waals surface area contributed by atoms with Crippen molar-refractivity contribution in [2.75, 3.05) is 6.61 Å². The van der Waals surface area contributed by atoms with Gasteiger partial charge < -0.3 is 14.4 Å². The molecule has 0 radical (unpaired) electrons. The van der Waals surface area contributed by atoms with Crippen LogP contribution in [0.2, 0.25) is 0 Å². The number of fused-ring (bicyclic) bond motifs is 1. The molecule has 10 heteroatoms. The van der Waals surface area contributed by atoms with Gasteiger partial charge in [-0.25, -0.2) is 4.79 Å². The number of thioether (sulfide) groups is 1. The minimum atomic E-state index is -1.37. The average molecular weight is 423 g/mol. The normalized spacial score (nSPS) is 20.3. The molecule has 0 spiro atoms. The van der Waals surface area contributed by atoms with Crippen LogP contribution in [-0.4, -0.2) is 46.0 Å². The summed E-state index contributed by atoms with van der Waals surface area (Å²) in [5.41, 5.74) is 9.67. The highest BCUT2D eigenvalue weighted by molar-refractivity contribution is 8.15. The zero-order valence-electron chi connectivity index (χ0n) is 15.7. The lowest BCUT2D eigenvalue weighted by molar-refractivity contribution is -0.163. The van der Waals surface area contributed by atoms with Gasteiger partial charge >= 0.3 is 5.97 Å². The fourth-order valence-corrected chi connectivity index (χ4v) is 4.32. The summed E-state index contributed by atoms with van der Waals surface area (Å²) in [6.45, 7) is 0.237. The maximum Gasteiger partial charge on any atom is 0.335 e. The lowest BCUT2D eigenvalue weighted by Crippen LogP contribution is -2.65. The number of β-lactam (4-membered cyclic amide) rings is 1. The zero-order valence-corrected chi connectivity index (χ0v) is 16.5. The molecule has 0 bridgehead atoms. The molecular formula is C20H17N5O4S. The first-order valence-electron chi connectivity index (χ1n) is 9.15. The van der Waals surface area contributed by atoms with Gasteiger partial charge in [0.25, 0.3) is 5.91 Å². The molecule has 0 aliphatic carbocycles. The van der Waals surface area contributed by atoms with Crippen LogP contribution in [0, 0.1) is 0 Å². The Morgan fingerprint density at radius 1 is 1.17 bits per heavy atom. The number of hydrogen-bond donors (Lipinski definition) is 0. The van der Waals surface area contributed by atoms with Crippen molar-refractivity contribution in [2.24, 2.45) is 10.1 Å². The molecule has 1 amide bonds. The molecule has 2 heterocycles. The number of aliphatic imine (C=N–C) groups is 1. The van der Waals surface area contributed by atoms with Gasteiger partial charge in [-0.2, -0.15) is 0 Å². The SMILES string of the molecule is [N-]=[N+]=NC(C(=O)OCc1ccccc1)N1C(=O)C2N=C(COc3ccccc3)SC21. The predicted molar refractivity (Wildman–Crippen MR) is 111 cm³/mol. The number of likely N-dealkylation sites (tertiary alicyclic amines) is 1. The number of nitrogens with zero attached hydrogens (tertiary/aromatic N) is 5. The Morgan fingerprint density at radius 2 is 1.87 bits per heavy atom. The molecule has 0 N–H and O–H groups in total. The Morgan fingerprint density at radius 3 is 2.57 bits per heavy atom. The predicted octanol–water partition coefficient (Wildman–Crippen LogP) is 3.13. The highest BCUT2D eigenvalue weighted by atomic mass is 32.2. The summed E-state index contributed by atoms with van der Waals surface area (Å²) in [5, 5.41) is 3.72. The summed E-state index contributed by atoms with van der Waals surface area (Å²) >= 11 is 1.32. The number of para-hydroxylation sites is 1. The first kappa shape index (κ1) is 19.8. The van der Waals surface area contributed by atoms with Crippen molar-refractivity contribution in [1.29, 1.82) is 0 Å². The van der Waals surface area contributed by atoms with Crippen LogP contribution in [0.3, 0.4) is 0 Å². The van der Waals surface area contributed by atoms with Crippen LogP contribution in [-0.2, 0) is 20.9 Å². The molecule has 2 aromatic rings. The largest absolute Gasteiger partial charge is 0.487 e. The van der Waals surface area contributed by atoms with Crippen LogP contribution in [0.1, 0.15) is 5.56 Å². The zero-order chi connectivity index (χ0) is 20.9. The molecule has 0 aromatic heterocycles. The van der Waals surface area contributed by atoms with Gasteiger partial charge in [0.1, 0.15) is 29.4 Å². The summed E-state index contributed by atoms with van der Waals surface area (Å²) in [4.78, 5) is 33.4. The maximum absolute atomic E-state index is 12.5. The first-order valence-corrected chi connectivity index (χ1v) is 10.0. The van der Waals surface area contributed by atoms with Crippen molar-refractivity contribution in [2.45, 2.75) is 24.2 Å². The molecule has 1 saturated heterocycles. The van der Waals surface area contributed by atoms with E-state index in [2.05, 4.69) is 15.0 Å². The van der Waals surface area contributed by atoms with Gasteiger partial charge in [0, 0.05) is 4.91 Å². The van der Waals surface area contributed by atoms with Crippen LogP contribution in [0.5, 0.6) is 5.75 Å². The highest BCUT2D eigenvalue weighted by Crippen LogP contribution is 2.41. The number of carbonyl (C=O) groups is 2. The van der Waals surface area contributed by atoms with E-state index in [4.69, 9.17) is 15.0 Å². The number of azide groups is 1. The quantitative estimate of drug-likeness (QED) is 0.213. The van der Waals surface area contributed by atoms with E-state index in [0.717, 1.165) is 5.56 Å². The molecule has 30 heavy (non-hydrogen) atoms. The number of hydrogen-bond acceptors (Lipinski definition) is 7. The third kappa shape index (κ3) is 4.10. The van der Waals surface area contributed by atoms with Gasteiger partial charge in [0.15, 0.2) is 6.04 Å². The van der Waals surface area contributed by atoms with E-state index < -0.39 is 23.6 Å². The van der Waals surface area contributed by atoms with Crippen molar-refractivity contribution >= 4 is 28.7 Å². The van der Waals surface area contributed by atoms with Crippen LogP contribution in [0.15, 0.2) is 70.8 Å². The molecule has 9 nitrogen and oxygen atoms in total. The van der Waals surface area contributed by atoms with Gasteiger partial charge in [-0.1, -0.05) is 65.4 Å². The minimum Gasteiger partial charge on any atom is -0.487 e. The van der Waals surface area contributed by atoms with Gasteiger partial charge in [-0.15, -0.1) is 0 Å². The van der Waals surface area contributed by atoms with E-state index >= 15 is 0 Å². The Balaban J connectivity index is 1.37. The van der Waals surface area contributed by atoms with Crippen molar-refractivity contribution in [1.82, 2.24) is 4.90 Å². The molecule has 1 fully saturated rings. The summed E-state index contributed by atoms with van der Waals surface area (Å²) in [7, 11) is 0. The lowest BCUT2D eigenvalue weighted by atomic mass is 10.1. The molecule has 3 unspecified atom stereocenters. The van der Waals surface area contributed by atoms with Crippen LogP contribution in [0.25, 0.3) is 10.4 Å². The van der Waals surface area contributed by atoms with E-state index in [-0.39, 0.29) is 19.1 Å². The standard InChI is InChI=1S/C20H17N5O4S/c21-24-23-17(20(27)29-11-13-7-3-1-4-8-13)25-18(26)16-19(25)30-15(22-16)12-28-14-9-5-2-6-10-14/h1-10,16-17,19H,11-12H2. The lowest BCUT2D eigenvalue weighted by Gasteiger charge is -2.43. The third-order valence-corrected chi connectivity index (χ3v) is 5.78. The Kier molecular flexibility index (Phi) is 5.87. The van der Waals surface area contributed by atoms with Gasteiger partial charge in [-0.3, -0.25) is 9.79 Å². The smallest absolute Gasteiger partial charge is 0.335 e. The van der Waals surface area contributed by atoms with Crippen LogP contribution >= 0.6 is 11.8 Å². The third-order valence-electron chi connectivity index (χ3n) is 4.56. The van der Waals surface area contributed by atoms with Crippen LogP contribution < -0.4 is 4.74 Å². The molecule has 0 saturated carbocycles. The second kappa shape index (κ2) is 8.89. The van der Waals surface area contributed by atoms with Crippen molar-refractivity contribution in [3.05, 3.63) is 76.7 Å². The Labute approximate surface area is 176 Å². The topological polar surface area (TPSA) is 117 Å². The number of esters is 1. The highest BCUT2D eigenvalue weighted by Gasteiger charge is 2.56. The van der Waals surface area contributed by atoms with E-state index in [1.165, 1.54) is 16.7 Å². The van der Waals surface area contributed by atoms with Gasteiger partial charge in [0.2, 0.25) is 6.17 Å². The number of rotatable bonds is 8. The van der Waals surface area contributed by atoms with E-state index in [0.29, 0.717) is 10.8 Å². The first-order chi connectivity index (χ1) is 14.7. The molecule has 4 rings (SSSR count).